The highest BCUT2D eigenvalue weighted by atomic mass is 32.2. The van der Waals surface area contributed by atoms with E-state index in [1.54, 1.807) is 35.7 Å². The first kappa shape index (κ1) is 24.0. The molecular formula is C27H26FN3O2S2. The SMILES string of the molecule is O=C1CC(=O)/C(=C/c2ccnc(CC3CCC(NCc4ccc(F)cc4-c4ccsc4)CC3)n2)S1. The summed E-state index contributed by atoms with van der Waals surface area (Å²) in [5, 5.41) is 7.65. The van der Waals surface area contributed by atoms with E-state index in [1.807, 2.05) is 17.5 Å². The monoisotopic (exact) mass is 507 g/mol. The Labute approximate surface area is 212 Å². The number of nitrogens with zero attached hydrogens (tertiary/aromatic N) is 2. The highest BCUT2D eigenvalue weighted by molar-refractivity contribution is 8.18. The molecule has 1 aliphatic heterocycles. The van der Waals surface area contributed by atoms with Crippen LogP contribution in [0, 0.1) is 11.7 Å². The molecule has 1 aliphatic carbocycles. The lowest BCUT2D eigenvalue weighted by atomic mass is 9.84. The third kappa shape index (κ3) is 6.12. The van der Waals surface area contributed by atoms with Crippen LogP contribution in [0.5, 0.6) is 0 Å². The summed E-state index contributed by atoms with van der Waals surface area (Å²) in [6, 6.07) is 9.28. The number of ketones is 1. The zero-order valence-corrected chi connectivity index (χ0v) is 20.8. The molecule has 5 nitrogen and oxygen atoms in total. The van der Waals surface area contributed by atoms with Crippen molar-refractivity contribution in [2.45, 2.75) is 51.1 Å². The molecule has 0 amide bonds. The fourth-order valence-electron chi connectivity index (χ4n) is 4.74. The molecule has 0 atom stereocenters. The van der Waals surface area contributed by atoms with Gasteiger partial charge >= 0.3 is 0 Å². The van der Waals surface area contributed by atoms with Crippen LogP contribution in [0.1, 0.15) is 49.2 Å². The number of nitrogens with one attached hydrogen (secondary N) is 1. The van der Waals surface area contributed by atoms with Gasteiger partial charge in [0.2, 0.25) is 5.12 Å². The Morgan fingerprint density at radius 1 is 1.11 bits per heavy atom. The van der Waals surface area contributed by atoms with Crippen LogP contribution < -0.4 is 5.32 Å². The number of carbonyl (C=O) groups is 2. The average molecular weight is 508 g/mol. The van der Waals surface area contributed by atoms with E-state index in [1.165, 1.54) is 6.07 Å². The summed E-state index contributed by atoms with van der Waals surface area (Å²) in [6.45, 7) is 0.722. The van der Waals surface area contributed by atoms with Crippen molar-refractivity contribution in [2.75, 3.05) is 0 Å². The summed E-state index contributed by atoms with van der Waals surface area (Å²) in [7, 11) is 0. The third-order valence-electron chi connectivity index (χ3n) is 6.61. The third-order valence-corrected chi connectivity index (χ3v) is 8.23. The summed E-state index contributed by atoms with van der Waals surface area (Å²) in [5.74, 6) is 0.963. The number of benzene rings is 1. The predicted octanol–water partition coefficient (Wildman–Crippen LogP) is 5.81. The van der Waals surface area contributed by atoms with E-state index in [0.717, 1.165) is 72.9 Å². The molecule has 1 saturated carbocycles. The lowest BCUT2D eigenvalue weighted by Crippen LogP contribution is -2.33. The van der Waals surface area contributed by atoms with Gasteiger partial charge in [0.05, 0.1) is 17.0 Å². The molecule has 2 aliphatic rings. The van der Waals surface area contributed by atoms with Gasteiger partial charge in [-0.1, -0.05) is 6.07 Å². The van der Waals surface area contributed by atoms with Gasteiger partial charge in [0, 0.05) is 25.2 Å². The van der Waals surface area contributed by atoms with Crippen molar-refractivity contribution in [1.29, 1.82) is 0 Å². The molecule has 3 aromatic rings. The van der Waals surface area contributed by atoms with Gasteiger partial charge in [0.15, 0.2) is 5.78 Å². The van der Waals surface area contributed by atoms with E-state index in [-0.39, 0.29) is 23.1 Å². The molecule has 3 heterocycles. The van der Waals surface area contributed by atoms with Crippen LogP contribution in [0.2, 0.25) is 0 Å². The molecule has 0 unspecified atom stereocenters. The topological polar surface area (TPSA) is 72.0 Å². The number of thioether (sulfide) groups is 1. The highest BCUT2D eigenvalue weighted by Crippen LogP contribution is 2.31. The Kier molecular flexibility index (Phi) is 7.51. The maximum Gasteiger partial charge on any atom is 0.201 e. The number of hydrogen-bond donors (Lipinski definition) is 1. The Balaban J connectivity index is 1.14. The van der Waals surface area contributed by atoms with E-state index in [2.05, 4.69) is 20.7 Å². The van der Waals surface area contributed by atoms with Crippen molar-refractivity contribution in [3.05, 3.63) is 75.1 Å². The number of thiophene rings is 1. The molecule has 1 saturated heterocycles. The van der Waals surface area contributed by atoms with E-state index < -0.39 is 0 Å². The van der Waals surface area contributed by atoms with Crippen molar-refractivity contribution in [3.63, 3.8) is 0 Å². The first-order valence-electron chi connectivity index (χ1n) is 11.9. The van der Waals surface area contributed by atoms with Crippen molar-refractivity contribution in [3.8, 4) is 11.1 Å². The minimum Gasteiger partial charge on any atom is -0.310 e. The maximum atomic E-state index is 13.9. The minimum atomic E-state index is -0.208. The average Bonchev–Trinajstić information content (AvgIpc) is 3.49. The number of allylic oxidation sites excluding steroid dienone is 1. The van der Waals surface area contributed by atoms with Gasteiger partial charge in [-0.05, 0) is 101 Å². The predicted molar refractivity (Wildman–Crippen MR) is 138 cm³/mol. The van der Waals surface area contributed by atoms with Gasteiger partial charge in [-0.15, -0.1) is 0 Å². The molecule has 8 heteroatoms. The maximum absolute atomic E-state index is 13.9. The Bertz CT molecular complexity index is 1250. The number of hydrogen-bond acceptors (Lipinski definition) is 7. The lowest BCUT2D eigenvalue weighted by Gasteiger charge is -2.29. The quantitative estimate of drug-likeness (QED) is 0.321. The van der Waals surface area contributed by atoms with Gasteiger partial charge < -0.3 is 5.32 Å². The van der Waals surface area contributed by atoms with E-state index in [4.69, 9.17) is 0 Å². The molecule has 2 aromatic heterocycles. The summed E-state index contributed by atoms with van der Waals surface area (Å²) >= 11 is 2.62. The minimum absolute atomic E-state index is 0.0256. The van der Waals surface area contributed by atoms with Crippen LogP contribution in [0.3, 0.4) is 0 Å². The fraction of sp³-hybridized carbons (Fsp3) is 0.333. The van der Waals surface area contributed by atoms with Gasteiger partial charge in [0.1, 0.15) is 11.6 Å². The first-order chi connectivity index (χ1) is 17.0. The van der Waals surface area contributed by atoms with Crippen LogP contribution in [0.15, 0.2) is 52.2 Å². The lowest BCUT2D eigenvalue weighted by molar-refractivity contribution is -0.119. The number of Topliss-reactive ketones (excluding diaryl/α,β-unsaturated/α-hetero) is 1. The second-order valence-electron chi connectivity index (χ2n) is 9.10. The van der Waals surface area contributed by atoms with E-state index >= 15 is 0 Å². The molecular weight excluding hydrogens is 481 g/mol. The first-order valence-corrected chi connectivity index (χ1v) is 13.6. The van der Waals surface area contributed by atoms with E-state index in [0.29, 0.717) is 22.6 Å². The van der Waals surface area contributed by atoms with Crippen molar-refractivity contribution >= 4 is 40.1 Å². The number of aromatic nitrogens is 2. The van der Waals surface area contributed by atoms with Crippen LogP contribution in [-0.4, -0.2) is 26.9 Å². The molecule has 180 valence electrons. The molecule has 1 N–H and O–H groups in total. The Morgan fingerprint density at radius 2 is 1.97 bits per heavy atom. The van der Waals surface area contributed by atoms with Crippen molar-refractivity contribution in [2.24, 2.45) is 5.92 Å². The molecule has 1 aromatic carbocycles. The molecule has 35 heavy (non-hydrogen) atoms. The fourth-order valence-corrected chi connectivity index (χ4v) is 6.21. The van der Waals surface area contributed by atoms with Crippen molar-refractivity contribution < 1.29 is 14.0 Å². The van der Waals surface area contributed by atoms with Crippen LogP contribution in [-0.2, 0) is 22.6 Å². The normalized spacial score (nSPS) is 21.7. The zero-order chi connectivity index (χ0) is 24.2. The highest BCUT2D eigenvalue weighted by Gasteiger charge is 2.26. The molecule has 5 rings (SSSR count). The van der Waals surface area contributed by atoms with Gasteiger partial charge in [-0.2, -0.15) is 11.3 Å². The summed E-state index contributed by atoms with van der Waals surface area (Å²) in [4.78, 5) is 32.9. The van der Waals surface area contributed by atoms with Gasteiger partial charge in [-0.3, -0.25) is 9.59 Å². The number of carbonyl (C=O) groups excluding carboxylic acids is 2. The second kappa shape index (κ2) is 10.9. The summed E-state index contributed by atoms with van der Waals surface area (Å²) in [5.41, 5.74) is 3.82. The second-order valence-corrected chi connectivity index (χ2v) is 11.0. The molecule has 0 bridgehead atoms. The zero-order valence-electron chi connectivity index (χ0n) is 19.2. The van der Waals surface area contributed by atoms with Crippen LogP contribution in [0.25, 0.3) is 17.2 Å². The van der Waals surface area contributed by atoms with Crippen LogP contribution >= 0.6 is 23.1 Å². The Morgan fingerprint density at radius 3 is 2.71 bits per heavy atom. The molecule has 0 spiro atoms. The van der Waals surface area contributed by atoms with Crippen LogP contribution in [0.4, 0.5) is 4.39 Å². The van der Waals surface area contributed by atoms with Crippen molar-refractivity contribution in [1.82, 2.24) is 15.3 Å². The van der Waals surface area contributed by atoms with E-state index in [9.17, 15) is 14.0 Å². The standard InChI is InChI=1S/C27H26FN3O2S2/c28-20-4-3-18(23(12-20)19-8-10-34-16-19)15-30-21-5-1-17(2-6-21)11-26-29-9-7-22(31-26)13-25-24(32)14-27(33)35-25/h3-4,7-10,12-13,16-17,21,30H,1-2,5-6,11,14-15H2/b25-13-. The van der Waals surface area contributed by atoms with Gasteiger partial charge in [0.25, 0.3) is 0 Å². The summed E-state index contributed by atoms with van der Waals surface area (Å²) < 4.78 is 13.9. The Hall–Kier alpha value is -2.68. The number of halogens is 1. The molecule has 2 fully saturated rings. The van der Waals surface area contributed by atoms with Gasteiger partial charge in [-0.25, -0.2) is 14.4 Å². The largest absolute Gasteiger partial charge is 0.310 e. The summed E-state index contributed by atoms with van der Waals surface area (Å²) in [6.07, 6.45) is 8.55. The smallest absolute Gasteiger partial charge is 0.201 e. The number of rotatable bonds is 7. The molecule has 0 radical (unpaired) electrons.